The van der Waals surface area contributed by atoms with Crippen molar-refractivity contribution in [3.05, 3.63) is 30.0 Å². The number of carboxylic acids is 1. The van der Waals surface area contributed by atoms with Gasteiger partial charge in [0.15, 0.2) is 0 Å². The third kappa shape index (κ3) is 4.01. The van der Waals surface area contributed by atoms with Crippen LogP contribution in [0.25, 0.3) is 10.9 Å². The molecule has 1 heterocycles. The Bertz CT molecular complexity index is 695. The highest BCUT2D eigenvalue weighted by Crippen LogP contribution is 2.28. The van der Waals surface area contributed by atoms with E-state index < -0.39 is 12.0 Å². The van der Waals surface area contributed by atoms with Crippen LogP contribution in [0.4, 0.5) is 0 Å². The summed E-state index contributed by atoms with van der Waals surface area (Å²) in [7, 11) is 3.05. The SMILES string of the molecule is COCCC(NC(=O)Cc1c[nH]c2cccc(OC)c12)C(=O)O. The number of rotatable bonds is 8. The maximum atomic E-state index is 12.2. The molecular weight excluding hydrogens is 300 g/mol. The minimum Gasteiger partial charge on any atom is -0.496 e. The molecule has 1 aromatic carbocycles. The molecule has 1 amide bonds. The zero-order valence-corrected chi connectivity index (χ0v) is 13.1. The lowest BCUT2D eigenvalue weighted by Gasteiger charge is -2.14. The van der Waals surface area contributed by atoms with Crippen LogP contribution in [0, 0.1) is 0 Å². The third-order valence-electron chi connectivity index (χ3n) is 3.56. The average molecular weight is 320 g/mol. The van der Waals surface area contributed by atoms with Crippen molar-refractivity contribution in [2.45, 2.75) is 18.9 Å². The first kappa shape index (κ1) is 16.8. The largest absolute Gasteiger partial charge is 0.496 e. The van der Waals surface area contributed by atoms with Gasteiger partial charge in [0.2, 0.25) is 5.91 Å². The molecule has 7 heteroatoms. The average Bonchev–Trinajstić information content (AvgIpc) is 2.94. The monoisotopic (exact) mass is 320 g/mol. The molecule has 0 aliphatic rings. The first-order valence-electron chi connectivity index (χ1n) is 7.21. The van der Waals surface area contributed by atoms with E-state index in [1.54, 1.807) is 13.3 Å². The van der Waals surface area contributed by atoms with Crippen LogP contribution in [-0.2, 0) is 20.7 Å². The molecule has 0 radical (unpaired) electrons. The summed E-state index contributed by atoms with van der Waals surface area (Å²) in [4.78, 5) is 26.4. The molecule has 0 saturated carbocycles. The Morgan fingerprint density at radius 2 is 2.13 bits per heavy atom. The standard InChI is InChI=1S/C16H20N2O5/c1-22-7-6-12(16(20)21)18-14(19)8-10-9-17-11-4-3-5-13(23-2)15(10)11/h3-5,9,12,17H,6-8H2,1-2H3,(H,18,19)(H,20,21). The van der Waals surface area contributed by atoms with Gasteiger partial charge in [0, 0.05) is 37.2 Å². The Balaban J connectivity index is 2.12. The summed E-state index contributed by atoms with van der Waals surface area (Å²) in [5.41, 5.74) is 1.62. The lowest BCUT2D eigenvalue weighted by atomic mass is 10.1. The number of aliphatic carboxylic acids is 1. The maximum absolute atomic E-state index is 12.2. The number of aromatic nitrogens is 1. The highest BCUT2D eigenvalue weighted by Gasteiger charge is 2.20. The topological polar surface area (TPSA) is 101 Å². The molecule has 23 heavy (non-hydrogen) atoms. The molecule has 0 bridgehead atoms. The van der Waals surface area contributed by atoms with Crippen LogP contribution >= 0.6 is 0 Å². The number of hydrogen-bond donors (Lipinski definition) is 3. The van der Waals surface area contributed by atoms with Crippen LogP contribution < -0.4 is 10.1 Å². The molecule has 2 rings (SSSR count). The number of nitrogens with one attached hydrogen (secondary N) is 2. The second-order valence-corrected chi connectivity index (χ2v) is 5.11. The Morgan fingerprint density at radius 3 is 2.78 bits per heavy atom. The Kier molecular flexibility index (Phi) is 5.59. The van der Waals surface area contributed by atoms with Gasteiger partial charge in [-0.25, -0.2) is 4.79 Å². The zero-order valence-electron chi connectivity index (χ0n) is 13.1. The molecule has 0 aliphatic carbocycles. The van der Waals surface area contributed by atoms with E-state index in [1.165, 1.54) is 7.11 Å². The first-order valence-corrected chi connectivity index (χ1v) is 7.21. The van der Waals surface area contributed by atoms with Gasteiger partial charge in [-0.2, -0.15) is 0 Å². The van der Waals surface area contributed by atoms with E-state index in [1.807, 2.05) is 18.2 Å². The van der Waals surface area contributed by atoms with Gasteiger partial charge in [0.1, 0.15) is 11.8 Å². The van der Waals surface area contributed by atoms with Gasteiger partial charge in [-0.05, 0) is 17.7 Å². The molecule has 0 spiro atoms. The molecule has 2 aromatic rings. The quantitative estimate of drug-likeness (QED) is 0.681. The van der Waals surface area contributed by atoms with Crippen molar-refractivity contribution in [3.8, 4) is 5.75 Å². The van der Waals surface area contributed by atoms with Crippen LogP contribution in [-0.4, -0.2) is 48.8 Å². The second kappa shape index (κ2) is 7.64. The van der Waals surface area contributed by atoms with E-state index in [9.17, 15) is 9.59 Å². The number of benzene rings is 1. The van der Waals surface area contributed by atoms with E-state index in [4.69, 9.17) is 14.6 Å². The number of hydrogen-bond acceptors (Lipinski definition) is 4. The lowest BCUT2D eigenvalue weighted by molar-refractivity contribution is -0.142. The van der Waals surface area contributed by atoms with Crippen molar-refractivity contribution in [2.75, 3.05) is 20.8 Å². The van der Waals surface area contributed by atoms with Gasteiger partial charge in [-0.3, -0.25) is 4.79 Å². The van der Waals surface area contributed by atoms with Crippen molar-refractivity contribution in [3.63, 3.8) is 0 Å². The fourth-order valence-corrected chi connectivity index (χ4v) is 2.44. The third-order valence-corrected chi connectivity index (χ3v) is 3.56. The van der Waals surface area contributed by atoms with Gasteiger partial charge >= 0.3 is 5.97 Å². The van der Waals surface area contributed by atoms with E-state index >= 15 is 0 Å². The number of aromatic amines is 1. The first-order chi connectivity index (χ1) is 11.1. The Hall–Kier alpha value is -2.54. The number of carbonyl (C=O) groups is 2. The molecule has 0 saturated heterocycles. The number of carbonyl (C=O) groups excluding carboxylic acids is 1. The van der Waals surface area contributed by atoms with Gasteiger partial charge in [-0.15, -0.1) is 0 Å². The summed E-state index contributed by atoms with van der Waals surface area (Å²) in [5.74, 6) is -0.770. The number of ether oxygens (including phenoxy) is 2. The van der Waals surface area contributed by atoms with Crippen molar-refractivity contribution >= 4 is 22.8 Å². The fourth-order valence-electron chi connectivity index (χ4n) is 2.44. The fraction of sp³-hybridized carbons (Fsp3) is 0.375. The molecule has 1 unspecified atom stereocenters. The van der Waals surface area contributed by atoms with E-state index in [-0.39, 0.29) is 25.4 Å². The van der Waals surface area contributed by atoms with E-state index in [0.717, 1.165) is 16.5 Å². The molecule has 7 nitrogen and oxygen atoms in total. The number of H-pyrrole nitrogens is 1. The minimum absolute atomic E-state index is 0.0666. The van der Waals surface area contributed by atoms with E-state index in [0.29, 0.717) is 5.75 Å². The Labute approximate surface area is 133 Å². The van der Waals surface area contributed by atoms with Crippen molar-refractivity contribution in [2.24, 2.45) is 0 Å². The minimum atomic E-state index is -1.08. The molecule has 0 fully saturated rings. The maximum Gasteiger partial charge on any atom is 0.326 e. The zero-order chi connectivity index (χ0) is 16.8. The number of fused-ring (bicyclic) bond motifs is 1. The predicted molar refractivity (Wildman–Crippen MR) is 84.6 cm³/mol. The summed E-state index contributed by atoms with van der Waals surface area (Å²) < 4.78 is 10.2. The van der Waals surface area contributed by atoms with Crippen molar-refractivity contribution < 1.29 is 24.2 Å². The lowest BCUT2D eigenvalue weighted by Crippen LogP contribution is -2.42. The van der Waals surface area contributed by atoms with E-state index in [2.05, 4.69) is 10.3 Å². The predicted octanol–water partition coefficient (Wildman–Crippen LogP) is 1.32. The van der Waals surface area contributed by atoms with Crippen molar-refractivity contribution in [1.29, 1.82) is 0 Å². The van der Waals surface area contributed by atoms with Crippen LogP contribution in [0.2, 0.25) is 0 Å². The normalized spacial score (nSPS) is 12.1. The van der Waals surface area contributed by atoms with Crippen molar-refractivity contribution in [1.82, 2.24) is 10.3 Å². The van der Waals surface area contributed by atoms with Crippen LogP contribution in [0.15, 0.2) is 24.4 Å². The van der Waals surface area contributed by atoms with Gasteiger partial charge in [-0.1, -0.05) is 6.07 Å². The molecule has 3 N–H and O–H groups in total. The molecule has 0 aliphatic heterocycles. The summed E-state index contributed by atoms with van der Waals surface area (Å²) in [6.45, 7) is 0.262. The van der Waals surface area contributed by atoms with Gasteiger partial charge in [0.25, 0.3) is 0 Å². The summed E-state index contributed by atoms with van der Waals surface area (Å²) in [5, 5.41) is 12.5. The van der Waals surface area contributed by atoms with Gasteiger partial charge in [0.05, 0.1) is 13.5 Å². The van der Waals surface area contributed by atoms with Crippen LogP contribution in [0.1, 0.15) is 12.0 Å². The molecule has 1 aromatic heterocycles. The van der Waals surface area contributed by atoms with Crippen LogP contribution in [0.5, 0.6) is 5.75 Å². The molecule has 124 valence electrons. The highest BCUT2D eigenvalue weighted by atomic mass is 16.5. The van der Waals surface area contributed by atoms with Gasteiger partial charge < -0.3 is 24.9 Å². The molecular formula is C16H20N2O5. The summed E-state index contributed by atoms with van der Waals surface area (Å²) in [6.07, 6.45) is 2.02. The van der Waals surface area contributed by atoms with Crippen LogP contribution in [0.3, 0.4) is 0 Å². The summed E-state index contributed by atoms with van der Waals surface area (Å²) >= 11 is 0. The number of carboxylic acid groups (broad SMARTS) is 1. The molecule has 1 atom stereocenters. The number of methoxy groups -OCH3 is 2. The summed E-state index contributed by atoms with van der Waals surface area (Å²) in [6, 6.07) is 4.59. The highest BCUT2D eigenvalue weighted by molar-refractivity contribution is 5.93. The number of amides is 1. The Morgan fingerprint density at radius 1 is 1.35 bits per heavy atom. The smallest absolute Gasteiger partial charge is 0.326 e. The second-order valence-electron chi connectivity index (χ2n) is 5.11.